The van der Waals surface area contributed by atoms with Crippen molar-refractivity contribution in [2.45, 2.75) is 61.3 Å². The van der Waals surface area contributed by atoms with Crippen molar-refractivity contribution in [3.8, 4) is 0 Å². The quantitative estimate of drug-likeness (QED) is 0.802. The first-order chi connectivity index (χ1) is 12.5. The van der Waals surface area contributed by atoms with E-state index in [1.54, 1.807) is 6.07 Å². The molecule has 1 aromatic carbocycles. The molecular formula is C20H29NO4S2. The van der Waals surface area contributed by atoms with E-state index in [9.17, 15) is 16.8 Å². The van der Waals surface area contributed by atoms with Crippen molar-refractivity contribution in [3.63, 3.8) is 0 Å². The zero-order chi connectivity index (χ0) is 19.6. The third kappa shape index (κ3) is 3.53. The van der Waals surface area contributed by atoms with Crippen LogP contribution in [0.2, 0.25) is 0 Å². The monoisotopic (exact) mass is 411 g/mol. The van der Waals surface area contributed by atoms with Gasteiger partial charge in [0.05, 0.1) is 15.5 Å². The molecule has 1 unspecified atom stereocenters. The van der Waals surface area contributed by atoms with Gasteiger partial charge in [0.15, 0.2) is 19.7 Å². The third-order valence-electron chi connectivity index (χ3n) is 7.16. The number of hydrogen-bond acceptors (Lipinski definition) is 5. The van der Waals surface area contributed by atoms with E-state index in [2.05, 4.69) is 12.2 Å². The first kappa shape index (κ1) is 19.2. The van der Waals surface area contributed by atoms with Gasteiger partial charge in [0, 0.05) is 18.6 Å². The van der Waals surface area contributed by atoms with Crippen LogP contribution >= 0.6 is 0 Å². The summed E-state index contributed by atoms with van der Waals surface area (Å²) in [5, 5.41) is 3.48. The van der Waals surface area contributed by atoms with Crippen molar-refractivity contribution in [2.24, 2.45) is 23.2 Å². The summed E-state index contributed by atoms with van der Waals surface area (Å²) in [5.74, 6) is 2.47. The molecular weight excluding hydrogens is 382 g/mol. The Kier molecular flexibility index (Phi) is 4.43. The van der Waals surface area contributed by atoms with Gasteiger partial charge in [0.2, 0.25) is 0 Å². The zero-order valence-electron chi connectivity index (χ0n) is 16.2. The van der Waals surface area contributed by atoms with Crippen LogP contribution in [0.15, 0.2) is 28.0 Å². The fourth-order valence-electron chi connectivity index (χ4n) is 6.25. The number of anilines is 1. The van der Waals surface area contributed by atoms with Crippen molar-refractivity contribution >= 4 is 25.4 Å². The molecule has 7 heteroatoms. The maximum Gasteiger partial charge on any atom is 0.177 e. The van der Waals surface area contributed by atoms with Gasteiger partial charge in [-0.25, -0.2) is 16.8 Å². The largest absolute Gasteiger partial charge is 0.381 e. The van der Waals surface area contributed by atoms with Crippen LogP contribution in [0.3, 0.4) is 0 Å². The van der Waals surface area contributed by atoms with Crippen molar-refractivity contribution in [3.05, 3.63) is 18.2 Å². The fraction of sp³-hybridized carbons (Fsp3) is 0.700. The average Bonchev–Trinajstić information content (AvgIpc) is 2.51. The minimum absolute atomic E-state index is 0.0379. The van der Waals surface area contributed by atoms with Crippen LogP contribution in [-0.2, 0) is 19.7 Å². The second-order valence-corrected chi connectivity index (χ2v) is 13.3. The van der Waals surface area contributed by atoms with E-state index >= 15 is 0 Å². The van der Waals surface area contributed by atoms with E-state index in [1.807, 2.05) is 0 Å². The Morgan fingerprint density at radius 3 is 1.89 bits per heavy atom. The summed E-state index contributed by atoms with van der Waals surface area (Å²) in [5.41, 5.74) is 0.757. The topological polar surface area (TPSA) is 80.3 Å². The lowest BCUT2D eigenvalue weighted by atomic mass is 9.48. The Labute approximate surface area is 162 Å². The van der Waals surface area contributed by atoms with Gasteiger partial charge < -0.3 is 5.32 Å². The molecule has 5 nitrogen and oxygen atoms in total. The van der Waals surface area contributed by atoms with Gasteiger partial charge in [-0.15, -0.1) is 0 Å². The number of rotatable bonds is 5. The van der Waals surface area contributed by atoms with Gasteiger partial charge in [0.1, 0.15) is 0 Å². The SMILES string of the molecule is CC(Nc1ccc(S(C)(=O)=O)cc1S(C)(=O)=O)C12CC3CC(CC(C3)C1)C2. The highest BCUT2D eigenvalue weighted by atomic mass is 32.2. The van der Waals surface area contributed by atoms with Crippen LogP contribution in [0, 0.1) is 23.2 Å². The summed E-state index contributed by atoms with van der Waals surface area (Å²) >= 11 is 0. The van der Waals surface area contributed by atoms with Crippen molar-refractivity contribution < 1.29 is 16.8 Å². The van der Waals surface area contributed by atoms with Gasteiger partial charge >= 0.3 is 0 Å². The van der Waals surface area contributed by atoms with Crippen molar-refractivity contribution in [1.29, 1.82) is 0 Å². The number of nitrogens with one attached hydrogen (secondary N) is 1. The van der Waals surface area contributed by atoms with Crippen molar-refractivity contribution in [2.75, 3.05) is 17.8 Å². The molecule has 4 fully saturated rings. The molecule has 0 saturated heterocycles. The van der Waals surface area contributed by atoms with Crippen molar-refractivity contribution in [1.82, 2.24) is 0 Å². The summed E-state index contributed by atoms with van der Waals surface area (Å²) in [6.45, 7) is 2.17. The molecule has 0 aliphatic heterocycles. The van der Waals surface area contributed by atoms with Crippen LogP contribution < -0.4 is 5.32 Å². The van der Waals surface area contributed by atoms with Crippen LogP contribution in [0.1, 0.15) is 45.4 Å². The van der Waals surface area contributed by atoms with E-state index in [-0.39, 0.29) is 21.2 Å². The first-order valence-corrected chi connectivity index (χ1v) is 13.6. The predicted molar refractivity (Wildman–Crippen MR) is 106 cm³/mol. The van der Waals surface area contributed by atoms with Crippen LogP contribution in [0.4, 0.5) is 5.69 Å². The van der Waals surface area contributed by atoms with E-state index in [1.165, 1.54) is 50.7 Å². The van der Waals surface area contributed by atoms with E-state index in [0.29, 0.717) is 5.69 Å². The second-order valence-electron chi connectivity index (χ2n) is 9.35. The maximum atomic E-state index is 12.3. The summed E-state index contributed by atoms with van der Waals surface area (Å²) in [4.78, 5) is 0.109. The minimum atomic E-state index is -3.54. The molecule has 150 valence electrons. The Balaban J connectivity index is 1.66. The van der Waals surface area contributed by atoms with E-state index in [4.69, 9.17) is 0 Å². The summed E-state index contributed by atoms with van der Waals surface area (Å²) in [6.07, 6.45) is 10.00. The Bertz CT molecular complexity index is 930. The molecule has 27 heavy (non-hydrogen) atoms. The van der Waals surface area contributed by atoms with Gasteiger partial charge in [-0.2, -0.15) is 0 Å². The van der Waals surface area contributed by atoms with E-state index < -0.39 is 19.7 Å². The lowest BCUT2D eigenvalue weighted by Crippen LogP contribution is -2.53. The molecule has 0 amide bonds. The second kappa shape index (κ2) is 6.21. The van der Waals surface area contributed by atoms with Gasteiger partial charge in [-0.1, -0.05) is 0 Å². The average molecular weight is 412 g/mol. The molecule has 4 aliphatic rings. The Morgan fingerprint density at radius 2 is 1.44 bits per heavy atom. The molecule has 0 heterocycles. The molecule has 1 N–H and O–H groups in total. The lowest BCUT2D eigenvalue weighted by Gasteiger charge is -2.59. The van der Waals surface area contributed by atoms with E-state index in [0.717, 1.165) is 30.3 Å². The summed E-state index contributed by atoms with van der Waals surface area (Å²) < 4.78 is 48.4. The molecule has 4 aliphatic carbocycles. The highest BCUT2D eigenvalue weighted by molar-refractivity contribution is 7.91. The first-order valence-electron chi connectivity index (χ1n) is 9.77. The number of hydrogen-bond donors (Lipinski definition) is 1. The normalized spacial score (nSPS) is 33.8. The zero-order valence-corrected chi connectivity index (χ0v) is 17.9. The highest BCUT2D eigenvalue weighted by Crippen LogP contribution is 2.61. The Hall–Kier alpha value is -1.08. The number of benzene rings is 1. The molecule has 0 radical (unpaired) electrons. The fourth-order valence-corrected chi connectivity index (χ4v) is 7.84. The van der Waals surface area contributed by atoms with Crippen LogP contribution in [0.25, 0.3) is 0 Å². The molecule has 5 rings (SSSR count). The Morgan fingerprint density at radius 1 is 0.926 bits per heavy atom. The molecule has 4 saturated carbocycles. The lowest BCUT2D eigenvalue weighted by molar-refractivity contribution is -0.0602. The molecule has 0 aromatic heterocycles. The summed E-state index contributed by atoms with van der Waals surface area (Å²) in [6, 6.07) is 4.57. The van der Waals surface area contributed by atoms with Crippen LogP contribution in [0.5, 0.6) is 0 Å². The molecule has 0 spiro atoms. The summed E-state index contributed by atoms with van der Waals surface area (Å²) in [7, 11) is -7.00. The third-order valence-corrected chi connectivity index (χ3v) is 9.40. The highest BCUT2D eigenvalue weighted by Gasteiger charge is 2.53. The van der Waals surface area contributed by atoms with Gasteiger partial charge in [-0.3, -0.25) is 0 Å². The maximum absolute atomic E-state index is 12.3. The van der Waals surface area contributed by atoms with Gasteiger partial charge in [0.25, 0.3) is 0 Å². The smallest absolute Gasteiger partial charge is 0.177 e. The molecule has 1 atom stereocenters. The molecule has 1 aromatic rings. The molecule has 4 bridgehead atoms. The van der Waals surface area contributed by atoms with Gasteiger partial charge in [-0.05, 0) is 86.8 Å². The standard InChI is InChI=1S/C20H29NO4S2/c1-13(20-10-14-6-15(11-20)8-16(7-14)12-20)21-18-5-4-17(26(2,22)23)9-19(18)27(3,24)25/h4-5,9,13-16,21H,6-8,10-12H2,1-3H3. The minimum Gasteiger partial charge on any atom is -0.381 e. The predicted octanol–water partition coefficient (Wildman–Crippen LogP) is 3.51. The number of sulfone groups is 2. The van der Waals surface area contributed by atoms with Crippen LogP contribution in [-0.4, -0.2) is 35.4 Å².